The van der Waals surface area contributed by atoms with Crippen LogP contribution in [0.25, 0.3) is 17.2 Å². The van der Waals surface area contributed by atoms with Gasteiger partial charge in [-0.15, -0.1) is 5.10 Å². The molecular weight excluding hydrogens is 372 g/mol. The second-order valence-corrected chi connectivity index (χ2v) is 7.41. The van der Waals surface area contributed by atoms with Crippen LogP contribution >= 0.6 is 11.3 Å². The summed E-state index contributed by atoms with van der Waals surface area (Å²) in [5.74, 6) is 0.889. The highest BCUT2D eigenvalue weighted by Crippen LogP contribution is 2.40. The van der Waals surface area contributed by atoms with Crippen molar-refractivity contribution >= 4 is 23.1 Å². The maximum Gasteiger partial charge on any atom is 0.272 e. The molecule has 0 spiro atoms. The molecule has 0 saturated carbocycles. The van der Waals surface area contributed by atoms with Gasteiger partial charge in [0.25, 0.3) is 5.95 Å². The van der Waals surface area contributed by atoms with E-state index in [1.165, 1.54) is 0 Å². The third kappa shape index (κ3) is 2.78. The fraction of sp³-hybridized carbons (Fsp3) is 0.150. The number of hydrogen-bond acceptors (Lipinski definition) is 6. The molecule has 8 heteroatoms. The molecule has 3 aromatic heterocycles. The molecule has 5 rings (SSSR count). The molecule has 0 fully saturated rings. The van der Waals surface area contributed by atoms with Crippen molar-refractivity contribution in [1.82, 2.24) is 25.0 Å². The lowest BCUT2D eigenvalue weighted by atomic mass is 9.87. The van der Waals surface area contributed by atoms with Gasteiger partial charge < -0.3 is 5.32 Å². The van der Waals surface area contributed by atoms with Crippen molar-refractivity contribution in [1.29, 1.82) is 0 Å². The summed E-state index contributed by atoms with van der Waals surface area (Å²) in [5.41, 5.74) is 4.62. The van der Waals surface area contributed by atoms with Crippen LogP contribution in [0.15, 0.2) is 53.4 Å². The number of aromatic nitrogens is 5. The molecule has 4 heterocycles. The second-order valence-electron chi connectivity index (χ2n) is 6.63. The summed E-state index contributed by atoms with van der Waals surface area (Å²) >= 11 is 1.62. The Balaban J connectivity index is 1.64. The maximum atomic E-state index is 12.4. The maximum absolute atomic E-state index is 12.4. The Morgan fingerprint density at radius 3 is 2.86 bits per heavy atom. The minimum absolute atomic E-state index is 0.0194. The van der Waals surface area contributed by atoms with Crippen molar-refractivity contribution in [2.45, 2.75) is 19.3 Å². The number of nitrogens with zero attached hydrogens (tertiary/aromatic N) is 5. The first kappa shape index (κ1) is 16.8. The number of rotatable bonds is 3. The molecule has 1 atom stereocenters. The number of thiophene rings is 1. The zero-order chi connectivity index (χ0) is 19.1. The van der Waals surface area contributed by atoms with Crippen LogP contribution in [0.4, 0.5) is 5.82 Å². The fourth-order valence-electron chi connectivity index (χ4n) is 3.58. The van der Waals surface area contributed by atoms with E-state index in [9.17, 15) is 4.79 Å². The van der Waals surface area contributed by atoms with Gasteiger partial charge in [0.15, 0.2) is 0 Å². The first-order valence-electron chi connectivity index (χ1n) is 8.87. The number of nitrogens with one attached hydrogen (secondary N) is 1. The third-order valence-electron chi connectivity index (χ3n) is 4.85. The highest BCUT2D eigenvalue weighted by atomic mass is 32.1. The topological polar surface area (TPSA) is 85.6 Å². The van der Waals surface area contributed by atoms with Crippen LogP contribution in [0.3, 0.4) is 0 Å². The lowest BCUT2D eigenvalue weighted by Crippen LogP contribution is -2.25. The summed E-state index contributed by atoms with van der Waals surface area (Å²) in [7, 11) is 0. The molecule has 1 N–H and O–H groups in total. The number of hydrogen-bond donors (Lipinski definition) is 1. The Bertz CT molecular complexity index is 1150. The molecule has 0 radical (unpaired) electrons. The summed E-state index contributed by atoms with van der Waals surface area (Å²) in [4.78, 5) is 17.0. The molecule has 7 nitrogen and oxygen atoms in total. The van der Waals surface area contributed by atoms with Crippen LogP contribution in [0, 0.1) is 6.92 Å². The van der Waals surface area contributed by atoms with Crippen LogP contribution in [-0.2, 0) is 4.79 Å². The summed E-state index contributed by atoms with van der Waals surface area (Å²) < 4.78 is 1.58. The van der Waals surface area contributed by atoms with Gasteiger partial charge in [0, 0.05) is 23.5 Å². The second kappa shape index (κ2) is 6.65. The van der Waals surface area contributed by atoms with Crippen molar-refractivity contribution in [3.63, 3.8) is 0 Å². The van der Waals surface area contributed by atoms with Crippen LogP contribution in [-0.4, -0.2) is 30.9 Å². The zero-order valence-corrected chi connectivity index (χ0v) is 15.8. The molecule has 28 heavy (non-hydrogen) atoms. The predicted molar refractivity (Wildman–Crippen MR) is 107 cm³/mol. The first-order valence-corrected chi connectivity index (χ1v) is 9.82. The molecule has 138 valence electrons. The van der Waals surface area contributed by atoms with Crippen molar-refractivity contribution < 1.29 is 4.79 Å². The number of anilines is 1. The molecule has 0 bridgehead atoms. The van der Waals surface area contributed by atoms with E-state index in [2.05, 4.69) is 37.0 Å². The first-order chi connectivity index (χ1) is 13.7. The van der Waals surface area contributed by atoms with Gasteiger partial charge in [-0.05, 0) is 29.3 Å². The van der Waals surface area contributed by atoms with Crippen LogP contribution in [0.1, 0.15) is 29.2 Å². The highest BCUT2D eigenvalue weighted by Gasteiger charge is 2.33. The summed E-state index contributed by atoms with van der Waals surface area (Å²) in [6.45, 7) is 1.95. The van der Waals surface area contributed by atoms with Crippen LogP contribution in [0.2, 0.25) is 0 Å². The van der Waals surface area contributed by atoms with Gasteiger partial charge in [-0.2, -0.15) is 26.2 Å². The van der Waals surface area contributed by atoms with Gasteiger partial charge >= 0.3 is 0 Å². The largest absolute Gasteiger partial charge is 0.310 e. The number of aryl methyl sites for hydroxylation is 1. The van der Waals surface area contributed by atoms with Crippen molar-refractivity contribution in [2.24, 2.45) is 0 Å². The van der Waals surface area contributed by atoms with Gasteiger partial charge in [0.2, 0.25) is 5.91 Å². The minimum atomic E-state index is -0.0444. The number of carbonyl (C=O) groups excluding carboxylic acids is 1. The number of benzene rings is 1. The van der Waals surface area contributed by atoms with E-state index < -0.39 is 0 Å². The molecule has 0 saturated heterocycles. The molecular formula is C20H16N6OS. The van der Waals surface area contributed by atoms with Crippen molar-refractivity contribution in [3.05, 3.63) is 70.2 Å². The summed E-state index contributed by atoms with van der Waals surface area (Å²) in [6, 6.07) is 11.8. The average molecular weight is 388 g/mol. The van der Waals surface area contributed by atoms with Crippen molar-refractivity contribution in [3.8, 4) is 17.2 Å². The van der Waals surface area contributed by atoms with Crippen molar-refractivity contribution in [2.75, 3.05) is 5.32 Å². The Morgan fingerprint density at radius 2 is 2.07 bits per heavy atom. The minimum Gasteiger partial charge on any atom is -0.310 e. The van der Waals surface area contributed by atoms with E-state index in [1.54, 1.807) is 22.2 Å². The lowest BCUT2D eigenvalue weighted by molar-refractivity contribution is -0.116. The molecule has 1 aliphatic heterocycles. The van der Waals surface area contributed by atoms with Gasteiger partial charge in [0.05, 0.1) is 17.6 Å². The normalized spacial score (nSPS) is 15.9. The Hall–Kier alpha value is -3.39. The smallest absolute Gasteiger partial charge is 0.272 e. The molecule has 0 unspecified atom stereocenters. The standard InChI is InChI=1S/C20H16N6OS/c1-12-18-15(14-7-8-28-11-14)9-17(27)23-19(18)26(25-12)20-22-16(10-21-24-20)13-5-3-2-4-6-13/h2-8,10-11,15H,9H2,1H3,(H,23,27)/t15-/m1/s1. The third-order valence-corrected chi connectivity index (χ3v) is 5.56. The van der Waals surface area contributed by atoms with Crippen LogP contribution < -0.4 is 5.32 Å². The number of carbonyl (C=O) groups is 1. The summed E-state index contributed by atoms with van der Waals surface area (Å²) in [6.07, 6.45) is 2.02. The molecule has 1 aromatic carbocycles. The fourth-order valence-corrected chi connectivity index (χ4v) is 4.30. The van der Waals surface area contributed by atoms with Crippen LogP contribution in [0.5, 0.6) is 0 Å². The van der Waals surface area contributed by atoms with E-state index in [-0.39, 0.29) is 11.8 Å². The Morgan fingerprint density at radius 1 is 1.21 bits per heavy atom. The quantitative estimate of drug-likeness (QED) is 0.580. The Kier molecular flexibility index (Phi) is 3.98. The molecule has 1 aliphatic rings. The Labute approximate surface area is 165 Å². The van der Waals surface area contributed by atoms with E-state index in [4.69, 9.17) is 0 Å². The van der Waals surface area contributed by atoms with E-state index in [1.807, 2.05) is 42.6 Å². The number of fused-ring (bicyclic) bond motifs is 1. The molecule has 1 amide bonds. The SMILES string of the molecule is Cc1nn(-c2nncc(-c3ccccc3)n2)c2c1[C@@H](c1ccsc1)CC(=O)N2. The lowest BCUT2D eigenvalue weighted by Gasteiger charge is -2.23. The summed E-state index contributed by atoms with van der Waals surface area (Å²) in [5, 5.41) is 20.0. The predicted octanol–water partition coefficient (Wildman–Crippen LogP) is 3.57. The van der Waals surface area contributed by atoms with E-state index in [0.717, 1.165) is 22.4 Å². The molecule has 0 aliphatic carbocycles. The molecule has 4 aromatic rings. The van der Waals surface area contributed by atoms with Gasteiger partial charge in [0.1, 0.15) is 5.82 Å². The van der Waals surface area contributed by atoms with Gasteiger partial charge in [-0.1, -0.05) is 30.3 Å². The van der Waals surface area contributed by atoms with Gasteiger partial charge in [-0.3, -0.25) is 4.79 Å². The average Bonchev–Trinajstić information content (AvgIpc) is 3.37. The monoisotopic (exact) mass is 388 g/mol. The van der Waals surface area contributed by atoms with E-state index >= 15 is 0 Å². The zero-order valence-electron chi connectivity index (χ0n) is 15.0. The van der Waals surface area contributed by atoms with Gasteiger partial charge in [-0.25, -0.2) is 4.98 Å². The van der Waals surface area contributed by atoms with E-state index in [0.29, 0.717) is 23.9 Å². The number of amides is 1. The highest BCUT2D eigenvalue weighted by molar-refractivity contribution is 7.08.